The Morgan fingerprint density at radius 1 is 1.03 bits per heavy atom. The Bertz CT molecular complexity index is 1050. The summed E-state index contributed by atoms with van der Waals surface area (Å²) in [5.74, 6) is -0.855. The summed E-state index contributed by atoms with van der Waals surface area (Å²) in [5, 5.41) is 35.8. The van der Waals surface area contributed by atoms with Crippen LogP contribution in [0.25, 0.3) is 0 Å². The normalized spacial score (nSPS) is 12.5. The molecule has 9 nitrogen and oxygen atoms in total. The predicted octanol–water partition coefficient (Wildman–Crippen LogP) is 4.87. The highest BCUT2D eigenvalue weighted by atomic mass is 19.4. The Balaban J connectivity index is 2.62. The molecule has 0 radical (unpaired) electrons. The Morgan fingerprint density at radius 2 is 1.68 bits per heavy atom. The fourth-order valence-corrected chi connectivity index (χ4v) is 2.55. The number of nitro groups is 2. The molecule has 0 saturated heterocycles. The van der Waals surface area contributed by atoms with Gasteiger partial charge in [0.1, 0.15) is 5.69 Å². The molecule has 0 aliphatic carbocycles. The first-order valence-corrected chi connectivity index (χ1v) is 7.92. The molecule has 0 unspecified atom stereocenters. The maximum Gasteiger partial charge on any atom is 0.418 e. The number of nitro benzene ring substituents is 2. The number of amidine groups is 1. The van der Waals surface area contributed by atoms with E-state index in [9.17, 15) is 51.8 Å². The van der Waals surface area contributed by atoms with Crippen LogP contribution < -0.4 is 5.32 Å². The average molecular weight is 452 g/mol. The van der Waals surface area contributed by atoms with Gasteiger partial charge in [0.15, 0.2) is 5.84 Å². The smallest absolute Gasteiger partial charge is 0.409 e. The van der Waals surface area contributed by atoms with Gasteiger partial charge in [0.05, 0.1) is 27.9 Å². The van der Waals surface area contributed by atoms with Crippen molar-refractivity contribution in [2.45, 2.75) is 18.8 Å². The average Bonchev–Trinajstić information content (AvgIpc) is 2.63. The fourth-order valence-electron chi connectivity index (χ4n) is 2.55. The molecule has 0 amide bonds. The molecular formula is C16H10F6N4O5. The largest absolute Gasteiger partial charge is 0.418 e. The number of hydrogen-bond donors (Lipinski definition) is 2. The summed E-state index contributed by atoms with van der Waals surface area (Å²) in [6.45, 7) is 0. The topological polar surface area (TPSA) is 131 Å². The van der Waals surface area contributed by atoms with Crippen molar-refractivity contribution in [1.82, 2.24) is 0 Å². The number of oxime groups is 1. The van der Waals surface area contributed by atoms with Gasteiger partial charge in [-0.1, -0.05) is 23.4 Å². The molecule has 166 valence electrons. The van der Waals surface area contributed by atoms with Gasteiger partial charge in [-0.2, -0.15) is 26.3 Å². The molecule has 0 saturated carbocycles. The first-order valence-electron chi connectivity index (χ1n) is 7.92. The standard InChI is InChI=1S/C16H10F6N4O5/c17-15(18,19)7-8-2-1-3-9(4-8)14(24-27)23-13-11(16(20,21)22)5-10(25(28)29)6-12(13)26(30)31/h1-6,27H,7H2,(H,23,24). The van der Waals surface area contributed by atoms with Crippen LogP contribution in [0.2, 0.25) is 0 Å². The van der Waals surface area contributed by atoms with Crippen LogP contribution in [-0.4, -0.2) is 27.1 Å². The lowest BCUT2D eigenvalue weighted by Crippen LogP contribution is -2.20. The van der Waals surface area contributed by atoms with Crippen LogP contribution >= 0.6 is 0 Å². The molecule has 0 aliphatic heterocycles. The van der Waals surface area contributed by atoms with Crippen LogP contribution in [0.1, 0.15) is 16.7 Å². The van der Waals surface area contributed by atoms with Gasteiger partial charge in [0, 0.05) is 11.6 Å². The van der Waals surface area contributed by atoms with Crippen LogP contribution in [-0.2, 0) is 12.6 Å². The summed E-state index contributed by atoms with van der Waals surface area (Å²) in [7, 11) is 0. The lowest BCUT2D eigenvalue weighted by molar-refractivity contribution is -0.394. The molecule has 0 heterocycles. The van der Waals surface area contributed by atoms with Crippen LogP contribution in [0, 0.1) is 20.2 Å². The number of nitrogens with zero attached hydrogens (tertiary/aromatic N) is 3. The van der Waals surface area contributed by atoms with E-state index in [1.165, 1.54) is 0 Å². The summed E-state index contributed by atoms with van der Waals surface area (Å²) >= 11 is 0. The number of benzene rings is 2. The van der Waals surface area contributed by atoms with Crippen LogP contribution in [0.4, 0.5) is 43.4 Å². The Labute approximate surface area is 167 Å². The third-order valence-electron chi connectivity index (χ3n) is 3.76. The Morgan fingerprint density at radius 3 is 2.16 bits per heavy atom. The third kappa shape index (κ3) is 5.80. The van der Waals surface area contributed by atoms with E-state index in [2.05, 4.69) is 5.16 Å². The number of non-ortho nitro benzene ring substituents is 1. The van der Waals surface area contributed by atoms with E-state index in [0.717, 1.165) is 24.3 Å². The van der Waals surface area contributed by atoms with Crippen LogP contribution in [0.3, 0.4) is 0 Å². The van der Waals surface area contributed by atoms with Crippen molar-refractivity contribution in [3.63, 3.8) is 0 Å². The number of nitrogens with one attached hydrogen (secondary N) is 1. The number of rotatable bonds is 5. The molecular weight excluding hydrogens is 442 g/mol. The SMILES string of the molecule is O=[N+]([O-])c1cc([N+](=O)[O-])c(NC(=NO)c2cccc(CC(F)(F)F)c2)c(C(F)(F)F)c1. The molecule has 0 aliphatic rings. The van der Waals surface area contributed by atoms with E-state index in [1.807, 2.05) is 5.32 Å². The van der Waals surface area contributed by atoms with E-state index in [-0.39, 0.29) is 23.3 Å². The summed E-state index contributed by atoms with van der Waals surface area (Å²) in [6, 6.07) is 4.36. The minimum absolute atomic E-state index is 0.0321. The number of hydrogen-bond acceptors (Lipinski definition) is 6. The van der Waals surface area contributed by atoms with Crippen molar-refractivity contribution in [1.29, 1.82) is 0 Å². The van der Waals surface area contributed by atoms with E-state index >= 15 is 0 Å². The quantitative estimate of drug-likeness (QED) is 0.166. The molecule has 0 fully saturated rings. The van der Waals surface area contributed by atoms with Crippen molar-refractivity contribution in [3.05, 3.63) is 73.3 Å². The maximum absolute atomic E-state index is 13.4. The summed E-state index contributed by atoms with van der Waals surface area (Å²) in [5.41, 5.74) is -6.36. The molecule has 0 bridgehead atoms. The zero-order chi connectivity index (χ0) is 23.6. The second-order valence-corrected chi connectivity index (χ2v) is 5.97. The monoisotopic (exact) mass is 452 g/mol. The molecule has 0 spiro atoms. The third-order valence-corrected chi connectivity index (χ3v) is 3.76. The van der Waals surface area contributed by atoms with Gasteiger partial charge >= 0.3 is 12.4 Å². The van der Waals surface area contributed by atoms with Gasteiger partial charge < -0.3 is 10.5 Å². The molecule has 31 heavy (non-hydrogen) atoms. The second kappa shape index (κ2) is 8.45. The van der Waals surface area contributed by atoms with E-state index in [0.29, 0.717) is 0 Å². The predicted molar refractivity (Wildman–Crippen MR) is 92.9 cm³/mol. The van der Waals surface area contributed by atoms with Gasteiger partial charge in [-0.25, -0.2) is 0 Å². The molecule has 2 rings (SSSR count). The molecule has 0 atom stereocenters. The highest BCUT2D eigenvalue weighted by Gasteiger charge is 2.40. The van der Waals surface area contributed by atoms with Crippen molar-refractivity contribution >= 4 is 22.9 Å². The van der Waals surface area contributed by atoms with Crippen molar-refractivity contribution in [2.24, 2.45) is 5.16 Å². The maximum atomic E-state index is 13.4. The second-order valence-electron chi connectivity index (χ2n) is 5.97. The highest BCUT2D eigenvalue weighted by Crippen LogP contribution is 2.42. The van der Waals surface area contributed by atoms with Crippen LogP contribution in [0.15, 0.2) is 41.6 Å². The zero-order valence-electron chi connectivity index (χ0n) is 14.9. The van der Waals surface area contributed by atoms with E-state index in [4.69, 9.17) is 0 Å². The first-order chi connectivity index (χ1) is 14.2. The van der Waals surface area contributed by atoms with Gasteiger partial charge in [-0.3, -0.25) is 20.2 Å². The van der Waals surface area contributed by atoms with Crippen molar-refractivity contribution in [3.8, 4) is 0 Å². The van der Waals surface area contributed by atoms with Gasteiger partial charge in [-0.15, -0.1) is 0 Å². The van der Waals surface area contributed by atoms with E-state index < -0.39 is 57.1 Å². The first kappa shape index (κ1) is 23.4. The molecule has 0 aromatic heterocycles. The summed E-state index contributed by atoms with van der Waals surface area (Å²) in [4.78, 5) is 19.5. The molecule has 15 heteroatoms. The Kier molecular flexibility index (Phi) is 6.37. The molecule has 2 aromatic carbocycles. The van der Waals surface area contributed by atoms with Crippen LogP contribution in [0.5, 0.6) is 0 Å². The van der Waals surface area contributed by atoms with E-state index in [1.54, 1.807) is 0 Å². The highest BCUT2D eigenvalue weighted by molar-refractivity contribution is 6.09. The van der Waals surface area contributed by atoms with Gasteiger partial charge in [0.2, 0.25) is 0 Å². The van der Waals surface area contributed by atoms with Crippen molar-refractivity contribution in [2.75, 3.05) is 5.32 Å². The van der Waals surface area contributed by atoms with Gasteiger partial charge in [0.25, 0.3) is 11.4 Å². The summed E-state index contributed by atoms with van der Waals surface area (Å²) in [6.07, 6.45) is -11.3. The minimum Gasteiger partial charge on any atom is -0.409 e. The molecule has 2 aromatic rings. The number of halogens is 6. The summed E-state index contributed by atoms with van der Waals surface area (Å²) < 4.78 is 78.0. The number of anilines is 1. The minimum atomic E-state index is -5.31. The lowest BCUT2D eigenvalue weighted by atomic mass is 10.1. The van der Waals surface area contributed by atoms with Crippen molar-refractivity contribution < 1.29 is 41.4 Å². The number of alkyl halides is 6. The Hall–Kier alpha value is -3.91. The fraction of sp³-hybridized carbons (Fsp3) is 0.188. The molecule has 2 N–H and O–H groups in total. The van der Waals surface area contributed by atoms with Gasteiger partial charge in [-0.05, 0) is 11.6 Å². The lowest BCUT2D eigenvalue weighted by Gasteiger charge is -2.16. The zero-order valence-corrected chi connectivity index (χ0v) is 14.9.